The van der Waals surface area contributed by atoms with E-state index in [1.807, 2.05) is 0 Å². The summed E-state index contributed by atoms with van der Waals surface area (Å²) in [6.07, 6.45) is 1.02. The molecule has 1 aromatic carbocycles. The third-order valence-electron chi connectivity index (χ3n) is 4.33. The molecular formula is C16H17ClN2O5S. The minimum absolute atomic E-state index is 0.0105. The van der Waals surface area contributed by atoms with Crippen molar-refractivity contribution in [2.45, 2.75) is 30.9 Å². The number of ketones is 1. The van der Waals surface area contributed by atoms with Gasteiger partial charge in [-0.2, -0.15) is 5.10 Å². The van der Waals surface area contributed by atoms with Crippen LogP contribution in [0.15, 0.2) is 23.2 Å². The highest BCUT2D eigenvalue weighted by Crippen LogP contribution is 2.41. The maximum absolute atomic E-state index is 12.8. The highest BCUT2D eigenvalue weighted by molar-refractivity contribution is 7.91. The summed E-state index contributed by atoms with van der Waals surface area (Å²) in [4.78, 5) is 12.9. The van der Waals surface area contributed by atoms with Gasteiger partial charge in [0.05, 0.1) is 28.0 Å². The average molecular weight is 385 g/mol. The van der Waals surface area contributed by atoms with Crippen LogP contribution in [-0.4, -0.2) is 42.0 Å². The molecule has 134 valence electrons. The number of aryl methyl sites for hydroxylation is 1. The summed E-state index contributed by atoms with van der Waals surface area (Å²) in [6.45, 7) is 2.18. The van der Waals surface area contributed by atoms with Crippen LogP contribution in [-0.2, 0) is 21.1 Å². The lowest BCUT2D eigenvalue weighted by Gasteiger charge is -2.26. The van der Waals surface area contributed by atoms with Crippen molar-refractivity contribution in [3.63, 3.8) is 0 Å². The highest BCUT2D eigenvalue weighted by atomic mass is 35.5. The van der Waals surface area contributed by atoms with Crippen molar-refractivity contribution in [1.82, 2.24) is 9.78 Å². The van der Waals surface area contributed by atoms with E-state index in [2.05, 4.69) is 5.10 Å². The lowest BCUT2D eigenvalue weighted by molar-refractivity contribution is 0.0959. The second kappa shape index (κ2) is 6.44. The minimum atomic E-state index is -3.46. The van der Waals surface area contributed by atoms with Crippen LogP contribution in [0.4, 0.5) is 0 Å². The Kier molecular flexibility index (Phi) is 4.61. The Hall–Kier alpha value is -1.90. The molecule has 1 N–H and O–H groups in total. The maximum Gasteiger partial charge on any atom is 0.220 e. The molecule has 0 radical (unpaired) electrons. The third kappa shape index (κ3) is 2.84. The Morgan fingerprint density at radius 3 is 2.76 bits per heavy atom. The number of rotatable bonds is 4. The van der Waals surface area contributed by atoms with Crippen LogP contribution in [0.25, 0.3) is 0 Å². The van der Waals surface area contributed by atoms with E-state index in [-0.39, 0.29) is 39.1 Å². The Bertz CT molecular complexity index is 952. The van der Waals surface area contributed by atoms with E-state index in [1.54, 1.807) is 6.92 Å². The van der Waals surface area contributed by atoms with Gasteiger partial charge in [-0.25, -0.2) is 13.1 Å². The van der Waals surface area contributed by atoms with Gasteiger partial charge in [-0.3, -0.25) is 4.79 Å². The van der Waals surface area contributed by atoms with Crippen molar-refractivity contribution < 1.29 is 23.1 Å². The Morgan fingerprint density at radius 2 is 2.16 bits per heavy atom. The maximum atomic E-state index is 12.8. The number of aromatic hydroxyl groups is 1. The van der Waals surface area contributed by atoms with E-state index < -0.39 is 21.7 Å². The number of aromatic nitrogens is 2. The summed E-state index contributed by atoms with van der Waals surface area (Å²) in [5.74, 6) is -0.813. The zero-order valence-electron chi connectivity index (χ0n) is 13.7. The Morgan fingerprint density at radius 1 is 1.44 bits per heavy atom. The van der Waals surface area contributed by atoms with E-state index in [9.17, 15) is 18.3 Å². The number of nitrogens with zero attached hydrogens (tertiary/aromatic N) is 2. The van der Waals surface area contributed by atoms with Crippen molar-refractivity contribution in [1.29, 1.82) is 0 Å². The molecule has 0 amide bonds. The number of halogens is 1. The molecule has 0 aliphatic carbocycles. The van der Waals surface area contributed by atoms with Gasteiger partial charge in [0.25, 0.3) is 0 Å². The zero-order valence-corrected chi connectivity index (χ0v) is 15.3. The van der Waals surface area contributed by atoms with Crippen molar-refractivity contribution >= 4 is 27.2 Å². The number of ether oxygens (including phenoxy) is 1. The van der Waals surface area contributed by atoms with Crippen LogP contribution in [0.5, 0.6) is 5.88 Å². The third-order valence-corrected chi connectivity index (χ3v) is 6.54. The molecule has 1 aliphatic rings. The predicted molar refractivity (Wildman–Crippen MR) is 90.9 cm³/mol. The van der Waals surface area contributed by atoms with Gasteiger partial charge in [0.15, 0.2) is 9.84 Å². The van der Waals surface area contributed by atoms with Gasteiger partial charge < -0.3 is 9.84 Å². The molecule has 0 fully saturated rings. The number of carbonyl (C=O) groups excluding carboxylic acids is 1. The molecule has 0 saturated carbocycles. The summed E-state index contributed by atoms with van der Waals surface area (Å²) in [5.41, 5.74) is 0.408. The number of carbonyl (C=O) groups is 1. The first-order chi connectivity index (χ1) is 11.8. The summed E-state index contributed by atoms with van der Waals surface area (Å²) in [5, 5.41) is 14.1. The summed E-state index contributed by atoms with van der Waals surface area (Å²) < 4.78 is 31.2. The fraction of sp³-hybridized carbons (Fsp3) is 0.375. The largest absolute Gasteiger partial charge is 0.493 e. The second-order valence-corrected chi connectivity index (χ2v) is 8.15. The zero-order chi connectivity index (χ0) is 18.4. The predicted octanol–water partition coefficient (Wildman–Crippen LogP) is 2.36. The van der Waals surface area contributed by atoms with Crippen LogP contribution in [0.1, 0.15) is 40.9 Å². The monoisotopic (exact) mass is 384 g/mol. The molecule has 1 atom stereocenters. The summed E-state index contributed by atoms with van der Waals surface area (Å²) in [6, 6.07) is 2.73. The fourth-order valence-electron chi connectivity index (χ4n) is 2.99. The number of sulfone groups is 1. The molecule has 3 rings (SSSR count). The Labute approximate surface area is 150 Å². The van der Waals surface area contributed by atoms with Crippen LogP contribution in [0.2, 0.25) is 5.02 Å². The molecule has 0 bridgehead atoms. The lowest BCUT2D eigenvalue weighted by atomic mass is 9.99. The van der Waals surface area contributed by atoms with Gasteiger partial charge >= 0.3 is 0 Å². The lowest BCUT2D eigenvalue weighted by Crippen LogP contribution is -2.22. The fourth-order valence-corrected chi connectivity index (χ4v) is 5.01. The SMILES string of the molecule is CCn1ncc(C(=O)c2ccc3c(c2Cl)C(OC)CCS3(=O)=O)c1O. The number of hydrogen-bond donors (Lipinski definition) is 1. The standard InChI is InChI=1S/C16H17ClN2O5S/c1-3-19-16(21)10(8-18-19)15(20)9-4-5-12-13(14(9)17)11(24-2)6-7-25(12,22)23/h4-5,8,11,21H,3,6-7H2,1-2H3. The quantitative estimate of drug-likeness (QED) is 0.812. The first-order valence-corrected chi connectivity index (χ1v) is 9.72. The normalized spacial score (nSPS) is 18.8. The number of methoxy groups -OCH3 is 1. The first-order valence-electron chi connectivity index (χ1n) is 7.69. The van der Waals surface area contributed by atoms with Crippen molar-refractivity contribution in [2.75, 3.05) is 12.9 Å². The first kappa shape index (κ1) is 17.9. The van der Waals surface area contributed by atoms with Crippen LogP contribution in [0, 0.1) is 0 Å². The van der Waals surface area contributed by atoms with Gasteiger partial charge in [0.1, 0.15) is 5.56 Å². The van der Waals surface area contributed by atoms with Gasteiger partial charge in [0.2, 0.25) is 11.7 Å². The molecule has 0 saturated heterocycles. The van der Waals surface area contributed by atoms with Gasteiger partial charge in [-0.05, 0) is 25.5 Å². The van der Waals surface area contributed by atoms with Crippen molar-refractivity contribution in [3.8, 4) is 5.88 Å². The molecule has 1 unspecified atom stereocenters. The van der Waals surface area contributed by atoms with E-state index in [4.69, 9.17) is 16.3 Å². The summed E-state index contributed by atoms with van der Waals surface area (Å²) in [7, 11) is -2.00. The number of benzene rings is 1. The molecule has 1 aromatic heterocycles. The minimum Gasteiger partial charge on any atom is -0.493 e. The van der Waals surface area contributed by atoms with Gasteiger partial charge in [0, 0.05) is 24.8 Å². The van der Waals surface area contributed by atoms with Gasteiger partial charge in [-0.1, -0.05) is 11.6 Å². The van der Waals surface area contributed by atoms with Crippen molar-refractivity contribution in [3.05, 3.63) is 40.0 Å². The van der Waals surface area contributed by atoms with E-state index >= 15 is 0 Å². The summed E-state index contributed by atoms with van der Waals surface area (Å²) >= 11 is 6.39. The number of hydrogen-bond acceptors (Lipinski definition) is 6. The second-order valence-electron chi connectivity index (χ2n) is 5.70. The van der Waals surface area contributed by atoms with Gasteiger partial charge in [-0.15, -0.1) is 0 Å². The molecule has 9 heteroatoms. The topological polar surface area (TPSA) is 98.5 Å². The molecule has 7 nitrogen and oxygen atoms in total. The molecule has 1 aliphatic heterocycles. The Balaban J connectivity index is 2.16. The van der Waals surface area contributed by atoms with E-state index in [0.717, 1.165) is 0 Å². The molecule has 25 heavy (non-hydrogen) atoms. The molecule has 2 aromatic rings. The van der Waals surface area contributed by atoms with Crippen LogP contribution in [0.3, 0.4) is 0 Å². The van der Waals surface area contributed by atoms with Crippen molar-refractivity contribution in [2.24, 2.45) is 0 Å². The van der Waals surface area contributed by atoms with E-state index in [1.165, 1.54) is 30.1 Å². The highest BCUT2D eigenvalue weighted by Gasteiger charge is 2.34. The number of fused-ring (bicyclic) bond motifs is 1. The van der Waals surface area contributed by atoms with E-state index in [0.29, 0.717) is 12.1 Å². The molecule has 2 heterocycles. The average Bonchev–Trinajstić information content (AvgIpc) is 2.95. The molecule has 0 spiro atoms. The van der Waals surface area contributed by atoms with Crippen LogP contribution < -0.4 is 0 Å². The van der Waals surface area contributed by atoms with Crippen LogP contribution >= 0.6 is 11.6 Å². The molecular weight excluding hydrogens is 368 g/mol. The smallest absolute Gasteiger partial charge is 0.220 e.